The molecule has 1 aromatic heterocycles. The molecule has 0 atom stereocenters. The Morgan fingerprint density at radius 2 is 1.85 bits per heavy atom. The highest BCUT2D eigenvalue weighted by molar-refractivity contribution is 7.91. The standard InChI is InChI=1S/C14H16N2O3S/c15-13-8-4-9-16-14(13)20(17,18)11-5-10-19-12-6-2-1-3-7-12/h1-4,6-9H,5,10-11,15H2. The highest BCUT2D eigenvalue weighted by atomic mass is 32.2. The summed E-state index contributed by atoms with van der Waals surface area (Å²) in [4.78, 5) is 3.83. The number of aromatic nitrogens is 1. The van der Waals surface area contributed by atoms with Crippen molar-refractivity contribution < 1.29 is 13.2 Å². The number of pyridine rings is 1. The van der Waals surface area contributed by atoms with E-state index in [0.717, 1.165) is 5.75 Å². The second-order valence-corrected chi connectivity index (χ2v) is 6.26. The summed E-state index contributed by atoms with van der Waals surface area (Å²) in [6.07, 6.45) is 1.80. The minimum atomic E-state index is -3.46. The number of nitrogen functional groups attached to an aromatic ring is 1. The highest BCUT2D eigenvalue weighted by Crippen LogP contribution is 2.16. The van der Waals surface area contributed by atoms with Gasteiger partial charge in [-0.2, -0.15) is 0 Å². The Morgan fingerprint density at radius 1 is 1.10 bits per heavy atom. The topological polar surface area (TPSA) is 82.3 Å². The Kier molecular flexibility index (Phi) is 4.57. The second-order valence-electron chi connectivity index (χ2n) is 4.23. The van der Waals surface area contributed by atoms with Crippen LogP contribution in [-0.4, -0.2) is 25.8 Å². The van der Waals surface area contributed by atoms with Gasteiger partial charge in [0.05, 0.1) is 18.0 Å². The number of nitrogens with zero attached hydrogens (tertiary/aromatic N) is 1. The van der Waals surface area contributed by atoms with Gasteiger partial charge in [0.2, 0.25) is 0 Å². The lowest BCUT2D eigenvalue weighted by Crippen LogP contribution is -2.13. The number of ether oxygens (including phenoxy) is 1. The number of rotatable bonds is 6. The fourth-order valence-corrected chi connectivity index (χ4v) is 3.06. The highest BCUT2D eigenvalue weighted by Gasteiger charge is 2.18. The van der Waals surface area contributed by atoms with Crippen LogP contribution in [0.25, 0.3) is 0 Å². The summed E-state index contributed by atoms with van der Waals surface area (Å²) in [5, 5.41) is -0.0558. The molecule has 0 radical (unpaired) electrons. The maximum atomic E-state index is 12.1. The molecule has 0 saturated carbocycles. The maximum Gasteiger partial charge on any atom is 0.197 e. The van der Waals surface area contributed by atoms with Crippen LogP contribution in [0.2, 0.25) is 0 Å². The first-order valence-corrected chi connectivity index (χ1v) is 7.86. The van der Waals surface area contributed by atoms with E-state index in [2.05, 4.69) is 4.98 Å². The minimum absolute atomic E-state index is 0.0406. The molecule has 0 bridgehead atoms. The van der Waals surface area contributed by atoms with Crippen LogP contribution in [0.15, 0.2) is 53.7 Å². The lowest BCUT2D eigenvalue weighted by molar-refractivity contribution is 0.317. The van der Waals surface area contributed by atoms with Crippen LogP contribution in [0.1, 0.15) is 6.42 Å². The van der Waals surface area contributed by atoms with E-state index < -0.39 is 9.84 Å². The van der Waals surface area contributed by atoms with Crippen LogP contribution in [0.4, 0.5) is 5.69 Å². The lowest BCUT2D eigenvalue weighted by atomic mass is 10.3. The van der Waals surface area contributed by atoms with Crippen molar-refractivity contribution >= 4 is 15.5 Å². The monoisotopic (exact) mass is 292 g/mol. The van der Waals surface area contributed by atoms with Gasteiger partial charge in [-0.1, -0.05) is 18.2 Å². The molecule has 0 unspecified atom stereocenters. The maximum absolute atomic E-state index is 12.1. The summed E-state index contributed by atoms with van der Waals surface area (Å²) in [5.41, 5.74) is 5.81. The van der Waals surface area contributed by atoms with Crippen LogP contribution >= 0.6 is 0 Å². The van der Waals surface area contributed by atoms with Crippen LogP contribution in [0.5, 0.6) is 5.75 Å². The van der Waals surface area contributed by atoms with E-state index in [1.165, 1.54) is 12.3 Å². The first-order valence-electron chi connectivity index (χ1n) is 6.21. The third-order valence-corrected chi connectivity index (χ3v) is 4.42. The van der Waals surface area contributed by atoms with Gasteiger partial charge in [0, 0.05) is 6.20 Å². The molecule has 0 spiro atoms. The van der Waals surface area contributed by atoms with Gasteiger partial charge in [-0.3, -0.25) is 0 Å². The van der Waals surface area contributed by atoms with Gasteiger partial charge in [0.15, 0.2) is 14.9 Å². The Balaban J connectivity index is 1.89. The zero-order valence-electron chi connectivity index (χ0n) is 10.9. The summed E-state index contributed by atoms with van der Waals surface area (Å²) in [5.74, 6) is 0.684. The van der Waals surface area contributed by atoms with Gasteiger partial charge in [0.25, 0.3) is 0 Å². The molecule has 2 aromatic rings. The molecule has 106 valence electrons. The van der Waals surface area contributed by atoms with Crippen molar-refractivity contribution in [1.82, 2.24) is 4.98 Å². The zero-order valence-corrected chi connectivity index (χ0v) is 11.7. The van der Waals surface area contributed by atoms with Crippen LogP contribution in [0.3, 0.4) is 0 Å². The van der Waals surface area contributed by atoms with E-state index in [0.29, 0.717) is 13.0 Å². The molecule has 1 aromatic carbocycles. The number of sulfone groups is 1. The van der Waals surface area contributed by atoms with Gasteiger partial charge >= 0.3 is 0 Å². The molecule has 0 fully saturated rings. The molecule has 0 aliphatic rings. The van der Waals surface area contributed by atoms with Crippen molar-refractivity contribution in [3.8, 4) is 5.75 Å². The Labute approximate surface area is 118 Å². The SMILES string of the molecule is Nc1cccnc1S(=O)(=O)CCCOc1ccccc1. The first kappa shape index (κ1) is 14.3. The molecular weight excluding hydrogens is 276 g/mol. The van der Waals surface area contributed by atoms with E-state index in [1.807, 2.05) is 30.3 Å². The van der Waals surface area contributed by atoms with Crippen molar-refractivity contribution in [2.45, 2.75) is 11.4 Å². The van der Waals surface area contributed by atoms with Crippen molar-refractivity contribution in [1.29, 1.82) is 0 Å². The number of hydrogen-bond donors (Lipinski definition) is 1. The second kappa shape index (κ2) is 6.38. The molecule has 1 heterocycles. The average molecular weight is 292 g/mol. The molecule has 5 nitrogen and oxygen atoms in total. The third-order valence-electron chi connectivity index (χ3n) is 2.66. The molecule has 2 rings (SSSR count). The predicted octanol–water partition coefficient (Wildman–Crippen LogP) is 1.91. The number of hydrogen-bond acceptors (Lipinski definition) is 5. The van der Waals surface area contributed by atoms with Gasteiger partial charge < -0.3 is 10.5 Å². The number of benzene rings is 1. The average Bonchev–Trinajstić information content (AvgIpc) is 2.45. The van der Waals surface area contributed by atoms with Crippen molar-refractivity contribution in [3.05, 3.63) is 48.7 Å². The van der Waals surface area contributed by atoms with Gasteiger partial charge in [0.1, 0.15) is 5.75 Å². The van der Waals surface area contributed by atoms with Crippen molar-refractivity contribution in [3.63, 3.8) is 0 Å². The fourth-order valence-electron chi connectivity index (χ4n) is 1.72. The molecule has 0 amide bonds. The number of anilines is 1. The van der Waals surface area contributed by atoms with Crippen molar-refractivity contribution in [2.75, 3.05) is 18.1 Å². The first-order chi connectivity index (χ1) is 9.59. The van der Waals surface area contributed by atoms with Crippen molar-refractivity contribution in [2.24, 2.45) is 0 Å². The van der Waals surface area contributed by atoms with Gasteiger partial charge in [-0.25, -0.2) is 13.4 Å². The summed E-state index contributed by atoms with van der Waals surface area (Å²) in [6, 6.07) is 12.4. The molecule has 0 aliphatic carbocycles. The van der Waals surface area contributed by atoms with Gasteiger partial charge in [-0.05, 0) is 30.7 Å². The minimum Gasteiger partial charge on any atom is -0.494 e. The smallest absolute Gasteiger partial charge is 0.197 e. The van der Waals surface area contributed by atoms with Crippen LogP contribution in [-0.2, 0) is 9.84 Å². The van der Waals surface area contributed by atoms with Gasteiger partial charge in [-0.15, -0.1) is 0 Å². The lowest BCUT2D eigenvalue weighted by Gasteiger charge is -2.07. The normalized spacial score (nSPS) is 11.2. The number of para-hydroxylation sites is 1. The molecule has 0 aliphatic heterocycles. The molecule has 0 saturated heterocycles. The Hall–Kier alpha value is -2.08. The summed E-state index contributed by atoms with van der Waals surface area (Å²) < 4.78 is 29.6. The third kappa shape index (κ3) is 3.71. The molecule has 6 heteroatoms. The Morgan fingerprint density at radius 3 is 2.55 bits per heavy atom. The van der Waals surface area contributed by atoms with Crippen LogP contribution in [0, 0.1) is 0 Å². The summed E-state index contributed by atoms with van der Waals surface area (Å²) in [6.45, 7) is 0.329. The summed E-state index contributed by atoms with van der Waals surface area (Å²) >= 11 is 0. The predicted molar refractivity (Wildman–Crippen MR) is 77.3 cm³/mol. The van der Waals surface area contributed by atoms with E-state index in [9.17, 15) is 8.42 Å². The van der Waals surface area contributed by atoms with E-state index in [4.69, 9.17) is 10.5 Å². The van der Waals surface area contributed by atoms with Crippen LogP contribution < -0.4 is 10.5 Å². The van der Waals surface area contributed by atoms with E-state index in [-0.39, 0.29) is 16.5 Å². The van der Waals surface area contributed by atoms with E-state index in [1.54, 1.807) is 6.07 Å². The zero-order chi connectivity index (χ0) is 14.4. The largest absolute Gasteiger partial charge is 0.494 e. The van der Waals surface area contributed by atoms with E-state index >= 15 is 0 Å². The fraction of sp³-hybridized carbons (Fsp3) is 0.214. The molecule has 2 N–H and O–H groups in total. The quantitative estimate of drug-likeness (QED) is 0.822. The Bertz CT molecular complexity index is 657. The summed E-state index contributed by atoms with van der Waals surface area (Å²) in [7, 11) is -3.46. The molecule has 20 heavy (non-hydrogen) atoms. The number of nitrogens with two attached hydrogens (primary N) is 1. The molecular formula is C14H16N2O3S.